The Balaban J connectivity index is 0.00000312. The third kappa shape index (κ3) is 7.52. The molecule has 1 fully saturated rings. The number of benzene rings is 1. The molecule has 0 spiro atoms. The van der Waals surface area contributed by atoms with Gasteiger partial charge in [0.15, 0.2) is 5.96 Å². The van der Waals surface area contributed by atoms with E-state index in [0.29, 0.717) is 18.9 Å². The van der Waals surface area contributed by atoms with E-state index in [4.69, 9.17) is 0 Å². The molecule has 1 heterocycles. The molecule has 0 radical (unpaired) electrons. The molecule has 1 aliphatic heterocycles. The minimum absolute atomic E-state index is 0. The molecule has 1 aromatic carbocycles. The topological polar surface area (TPSA) is 56.7 Å². The Morgan fingerprint density at radius 1 is 1.36 bits per heavy atom. The molecule has 0 aliphatic carbocycles. The van der Waals surface area contributed by atoms with Crippen molar-refractivity contribution in [2.75, 3.05) is 26.2 Å². The number of rotatable bonds is 7. The quantitative estimate of drug-likeness (QED) is 0.249. The molecule has 0 aromatic heterocycles. The van der Waals surface area contributed by atoms with Crippen LogP contribution in [0.1, 0.15) is 37.3 Å². The van der Waals surface area contributed by atoms with Crippen LogP contribution in [0, 0.1) is 6.92 Å². The highest BCUT2D eigenvalue weighted by atomic mass is 127. The minimum Gasteiger partial charge on any atom is -0.357 e. The first-order valence-electron chi connectivity index (χ1n) is 8.65. The summed E-state index contributed by atoms with van der Waals surface area (Å²) in [6, 6.07) is 6.26. The van der Waals surface area contributed by atoms with Crippen LogP contribution >= 0.6 is 39.9 Å². The Hall–Kier alpha value is -0.830. The molecule has 25 heavy (non-hydrogen) atoms. The number of halogens is 2. The number of hydrogen-bond acceptors (Lipinski definition) is 2. The van der Waals surface area contributed by atoms with Crippen molar-refractivity contribution in [1.29, 1.82) is 0 Å². The number of carbonyl (C=O) groups excluding carboxylic acids is 1. The molecule has 0 unspecified atom stereocenters. The first-order chi connectivity index (χ1) is 11.6. The fourth-order valence-electron chi connectivity index (χ4n) is 2.76. The first-order valence-corrected chi connectivity index (χ1v) is 9.44. The fourth-order valence-corrected chi connectivity index (χ4v) is 3.24. The summed E-state index contributed by atoms with van der Waals surface area (Å²) >= 11 is 3.49. The van der Waals surface area contributed by atoms with Gasteiger partial charge in [-0.3, -0.25) is 4.79 Å². The molecule has 0 bridgehead atoms. The number of aliphatic imine (C=N–C) groups is 1. The van der Waals surface area contributed by atoms with E-state index in [-0.39, 0.29) is 24.0 Å². The van der Waals surface area contributed by atoms with Crippen molar-refractivity contribution in [1.82, 2.24) is 15.5 Å². The van der Waals surface area contributed by atoms with Crippen LogP contribution in [-0.4, -0.2) is 42.9 Å². The van der Waals surface area contributed by atoms with Gasteiger partial charge in [0.1, 0.15) is 0 Å². The van der Waals surface area contributed by atoms with Gasteiger partial charge in [-0.15, -0.1) is 24.0 Å². The summed E-state index contributed by atoms with van der Waals surface area (Å²) in [6.07, 6.45) is 2.65. The van der Waals surface area contributed by atoms with Crippen LogP contribution in [0.2, 0.25) is 0 Å². The lowest BCUT2D eigenvalue weighted by Gasteiger charge is -2.16. The third-order valence-electron chi connectivity index (χ3n) is 4.13. The van der Waals surface area contributed by atoms with Crippen molar-refractivity contribution in [2.24, 2.45) is 4.99 Å². The molecule has 2 rings (SSSR count). The number of amides is 1. The normalized spacial score (nSPS) is 14.4. The molecule has 1 aliphatic rings. The summed E-state index contributed by atoms with van der Waals surface area (Å²) in [5, 5.41) is 6.62. The number of nitrogens with zero attached hydrogens (tertiary/aromatic N) is 2. The zero-order chi connectivity index (χ0) is 17.4. The van der Waals surface area contributed by atoms with Crippen LogP contribution in [0.25, 0.3) is 0 Å². The Labute approximate surface area is 176 Å². The molecule has 0 saturated carbocycles. The predicted octanol–water partition coefficient (Wildman–Crippen LogP) is 3.44. The molecule has 140 valence electrons. The maximum absolute atomic E-state index is 11.6. The molecule has 7 heteroatoms. The standard InChI is InChI=1S/C18H27BrN4O.HI/c1-3-20-18(21-9-5-11-23-10-4-6-17(23)24)22-13-15-7-8-16(19)12-14(15)2;/h7-8,12H,3-6,9-11,13H2,1-2H3,(H2,20,21,22);1H. The monoisotopic (exact) mass is 522 g/mol. The fraction of sp³-hybridized carbons (Fsp3) is 0.556. The smallest absolute Gasteiger partial charge is 0.222 e. The predicted molar refractivity (Wildman–Crippen MR) is 118 cm³/mol. The van der Waals surface area contributed by atoms with E-state index >= 15 is 0 Å². The average molecular weight is 523 g/mol. The maximum atomic E-state index is 11.6. The van der Waals surface area contributed by atoms with Gasteiger partial charge in [-0.05, 0) is 49.9 Å². The second-order valence-electron chi connectivity index (χ2n) is 6.03. The van der Waals surface area contributed by atoms with E-state index in [1.807, 2.05) is 11.0 Å². The summed E-state index contributed by atoms with van der Waals surface area (Å²) < 4.78 is 1.09. The lowest BCUT2D eigenvalue weighted by atomic mass is 10.1. The van der Waals surface area contributed by atoms with Crippen LogP contribution in [0.3, 0.4) is 0 Å². The second kappa shape index (κ2) is 11.7. The zero-order valence-electron chi connectivity index (χ0n) is 15.0. The van der Waals surface area contributed by atoms with Gasteiger partial charge in [0, 0.05) is 37.1 Å². The zero-order valence-corrected chi connectivity index (χ0v) is 18.9. The maximum Gasteiger partial charge on any atom is 0.222 e. The number of aryl methyl sites for hydroxylation is 1. The van der Waals surface area contributed by atoms with Crippen molar-refractivity contribution in [3.63, 3.8) is 0 Å². The second-order valence-corrected chi connectivity index (χ2v) is 6.95. The molecule has 2 N–H and O–H groups in total. The molecule has 1 amide bonds. The van der Waals surface area contributed by atoms with Crippen LogP contribution < -0.4 is 10.6 Å². The Bertz CT molecular complexity index is 594. The van der Waals surface area contributed by atoms with Gasteiger partial charge in [0.2, 0.25) is 5.91 Å². The molecule has 5 nitrogen and oxygen atoms in total. The Kier molecular flexibility index (Phi) is 10.4. The van der Waals surface area contributed by atoms with Crippen molar-refractivity contribution in [3.8, 4) is 0 Å². The SMILES string of the molecule is CCNC(=NCc1ccc(Br)cc1C)NCCCN1CCCC1=O.I. The molecule has 1 aromatic rings. The van der Waals surface area contributed by atoms with E-state index in [9.17, 15) is 4.79 Å². The molecule has 1 saturated heterocycles. The largest absolute Gasteiger partial charge is 0.357 e. The number of likely N-dealkylation sites (tertiary alicyclic amines) is 1. The van der Waals surface area contributed by atoms with Crippen molar-refractivity contribution in [2.45, 2.75) is 39.7 Å². The van der Waals surface area contributed by atoms with Gasteiger partial charge in [0.25, 0.3) is 0 Å². The number of guanidine groups is 1. The van der Waals surface area contributed by atoms with Crippen LogP contribution in [-0.2, 0) is 11.3 Å². The molecular formula is C18H28BrIN4O. The summed E-state index contributed by atoms with van der Waals surface area (Å²) in [5.74, 6) is 1.12. The minimum atomic E-state index is 0. The average Bonchev–Trinajstić information content (AvgIpc) is 2.95. The van der Waals surface area contributed by atoms with Gasteiger partial charge >= 0.3 is 0 Å². The molecular weight excluding hydrogens is 495 g/mol. The molecule has 0 atom stereocenters. The van der Waals surface area contributed by atoms with Crippen LogP contribution in [0.5, 0.6) is 0 Å². The summed E-state index contributed by atoms with van der Waals surface area (Å²) in [5.41, 5.74) is 2.45. The highest BCUT2D eigenvalue weighted by molar-refractivity contribution is 14.0. The van der Waals surface area contributed by atoms with Crippen molar-refractivity contribution in [3.05, 3.63) is 33.8 Å². The van der Waals surface area contributed by atoms with Gasteiger partial charge in [0.05, 0.1) is 6.54 Å². The van der Waals surface area contributed by atoms with E-state index < -0.39 is 0 Å². The van der Waals surface area contributed by atoms with Crippen LogP contribution in [0.4, 0.5) is 0 Å². The summed E-state index contributed by atoms with van der Waals surface area (Å²) in [7, 11) is 0. The van der Waals surface area contributed by atoms with Crippen LogP contribution in [0.15, 0.2) is 27.7 Å². The third-order valence-corrected chi connectivity index (χ3v) is 4.62. The number of nitrogens with one attached hydrogen (secondary N) is 2. The van der Waals surface area contributed by atoms with Gasteiger partial charge in [-0.25, -0.2) is 4.99 Å². The lowest BCUT2D eigenvalue weighted by Crippen LogP contribution is -2.39. The highest BCUT2D eigenvalue weighted by Crippen LogP contribution is 2.16. The van der Waals surface area contributed by atoms with E-state index in [1.54, 1.807) is 0 Å². The first kappa shape index (κ1) is 22.2. The van der Waals surface area contributed by atoms with Gasteiger partial charge in [-0.1, -0.05) is 22.0 Å². The van der Waals surface area contributed by atoms with E-state index in [0.717, 1.165) is 49.5 Å². The van der Waals surface area contributed by atoms with Gasteiger partial charge in [-0.2, -0.15) is 0 Å². The van der Waals surface area contributed by atoms with Gasteiger partial charge < -0.3 is 15.5 Å². The summed E-state index contributed by atoms with van der Waals surface area (Å²) in [4.78, 5) is 18.2. The number of hydrogen-bond donors (Lipinski definition) is 2. The van der Waals surface area contributed by atoms with Crippen molar-refractivity contribution < 1.29 is 4.79 Å². The number of carbonyl (C=O) groups is 1. The Morgan fingerprint density at radius 3 is 2.80 bits per heavy atom. The highest BCUT2D eigenvalue weighted by Gasteiger charge is 2.18. The van der Waals surface area contributed by atoms with E-state index in [1.165, 1.54) is 11.1 Å². The van der Waals surface area contributed by atoms with E-state index in [2.05, 4.69) is 57.5 Å². The van der Waals surface area contributed by atoms with Crippen molar-refractivity contribution >= 4 is 51.8 Å². The lowest BCUT2D eigenvalue weighted by molar-refractivity contribution is -0.127. The Morgan fingerprint density at radius 2 is 2.16 bits per heavy atom. The summed E-state index contributed by atoms with van der Waals surface area (Å²) in [6.45, 7) is 8.20.